The molecule has 1 aromatic rings. The molecule has 0 bridgehead atoms. The van der Waals surface area contributed by atoms with E-state index in [4.69, 9.17) is 4.42 Å². The topological polar surface area (TPSA) is 25.2 Å². The Kier molecular flexibility index (Phi) is 5.07. The van der Waals surface area contributed by atoms with Crippen LogP contribution in [0.2, 0.25) is 0 Å². The molecule has 0 amide bonds. The van der Waals surface area contributed by atoms with Gasteiger partial charge in [-0.1, -0.05) is 27.7 Å². The molecular formula is C14H25NO. The van der Waals surface area contributed by atoms with Crippen LogP contribution in [0.1, 0.15) is 58.6 Å². The molecule has 0 saturated heterocycles. The second-order valence-electron chi connectivity index (χ2n) is 5.66. The average molecular weight is 223 g/mol. The Hall–Kier alpha value is -0.760. The number of hydrogen-bond acceptors (Lipinski definition) is 2. The molecule has 2 nitrogen and oxygen atoms in total. The van der Waals surface area contributed by atoms with Crippen LogP contribution in [0.4, 0.5) is 0 Å². The van der Waals surface area contributed by atoms with Gasteiger partial charge in [-0.3, -0.25) is 0 Å². The van der Waals surface area contributed by atoms with E-state index in [2.05, 4.69) is 39.1 Å². The van der Waals surface area contributed by atoms with Gasteiger partial charge in [0, 0.05) is 11.6 Å². The SMILES string of the molecule is CCCNC(CCC(C)(C)C)c1ccoc1. The summed E-state index contributed by atoms with van der Waals surface area (Å²) in [5, 5.41) is 3.58. The van der Waals surface area contributed by atoms with E-state index in [1.165, 1.54) is 24.8 Å². The minimum absolute atomic E-state index is 0.399. The fourth-order valence-corrected chi connectivity index (χ4v) is 1.76. The van der Waals surface area contributed by atoms with Gasteiger partial charge in [-0.15, -0.1) is 0 Å². The lowest BCUT2D eigenvalue weighted by Crippen LogP contribution is -2.23. The minimum atomic E-state index is 0.399. The van der Waals surface area contributed by atoms with Crippen molar-refractivity contribution < 1.29 is 4.42 Å². The van der Waals surface area contributed by atoms with Gasteiger partial charge in [-0.25, -0.2) is 0 Å². The van der Waals surface area contributed by atoms with Crippen molar-refractivity contribution in [2.45, 2.75) is 53.0 Å². The van der Waals surface area contributed by atoms with E-state index in [-0.39, 0.29) is 0 Å². The van der Waals surface area contributed by atoms with Crippen molar-refractivity contribution in [3.05, 3.63) is 24.2 Å². The molecule has 0 saturated carbocycles. The lowest BCUT2D eigenvalue weighted by Gasteiger charge is -2.23. The minimum Gasteiger partial charge on any atom is -0.472 e. The third-order valence-electron chi connectivity index (χ3n) is 2.77. The first kappa shape index (κ1) is 13.3. The van der Waals surface area contributed by atoms with Crippen LogP contribution >= 0.6 is 0 Å². The van der Waals surface area contributed by atoms with Gasteiger partial charge in [-0.2, -0.15) is 0 Å². The van der Waals surface area contributed by atoms with Gasteiger partial charge in [0.15, 0.2) is 0 Å². The predicted molar refractivity (Wildman–Crippen MR) is 68.4 cm³/mol. The van der Waals surface area contributed by atoms with Crippen molar-refractivity contribution in [1.29, 1.82) is 0 Å². The summed E-state index contributed by atoms with van der Waals surface area (Å²) in [5.41, 5.74) is 1.67. The quantitative estimate of drug-likeness (QED) is 0.784. The highest BCUT2D eigenvalue weighted by atomic mass is 16.3. The van der Waals surface area contributed by atoms with Crippen molar-refractivity contribution in [3.63, 3.8) is 0 Å². The molecular weight excluding hydrogens is 198 g/mol. The van der Waals surface area contributed by atoms with E-state index in [1.807, 2.05) is 6.26 Å². The summed E-state index contributed by atoms with van der Waals surface area (Å²) in [6, 6.07) is 2.51. The molecule has 1 N–H and O–H groups in total. The van der Waals surface area contributed by atoms with Crippen molar-refractivity contribution in [1.82, 2.24) is 5.32 Å². The second kappa shape index (κ2) is 6.09. The van der Waals surface area contributed by atoms with Crippen molar-refractivity contribution >= 4 is 0 Å². The third-order valence-corrected chi connectivity index (χ3v) is 2.77. The molecule has 1 aromatic heterocycles. The molecule has 16 heavy (non-hydrogen) atoms. The van der Waals surface area contributed by atoms with Crippen LogP contribution in [0.5, 0.6) is 0 Å². The first-order valence-corrected chi connectivity index (χ1v) is 6.28. The van der Waals surface area contributed by atoms with Crippen LogP contribution in [0.25, 0.3) is 0 Å². The zero-order valence-corrected chi connectivity index (χ0v) is 11.0. The standard InChI is InChI=1S/C14H25NO/c1-5-9-15-13(6-8-14(2,3)4)12-7-10-16-11-12/h7,10-11,13,15H,5-6,8-9H2,1-4H3. The Morgan fingerprint density at radius 3 is 2.62 bits per heavy atom. The fraction of sp³-hybridized carbons (Fsp3) is 0.714. The van der Waals surface area contributed by atoms with Gasteiger partial charge >= 0.3 is 0 Å². The van der Waals surface area contributed by atoms with Gasteiger partial charge in [-0.05, 0) is 37.3 Å². The first-order chi connectivity index (χ1) is 7.53. The highest BCUT2D eigenvalue weighted by Gasteiger charge is 2.16. The van der Waals surface area contributed by atoms with Gasteiger partial charge < -0.3 is 9.73 Å². The fourth-order valence-electron chi connectivity index (χ4n) is 1.76. The predicted octanol–water partition coefficient (Wildman–Crippen LogP) is 4.15. The van der Waals surface area contributed by atoms with Crippen LogP contribution in [0.15, 0.2) is 23.0 Å². The molecule has 0 aliphatic rings. The highest BCUT2D eigenvalue weighted by molar-refractivity contribution is 5.11. The number of rotatable bonds is 6. The maximum atomic E-state index is 5.17. The van der Waals surface area contributed by atoms with Crippen molar-refractivity contribution in [2.75, 3.05) is 6.54 Å². The smallest absolute Gasteiger partial charge is 0.0950 e. The number of hydrogen-bond donors (Lipinski definition) is 1. The first-order valence-electron chi connectivity index (χ1n) is 6.28. The van der Waals surface area contributed by atoms with Gasteiger partial charge in [0.25, 0.3) is 0 Å². The lowest BCUT2D eigenvalue weighted by molar-refractivity contribution is 0.331. The molecule has 1 rings (SSSR count). The zero-order valence-electron chi connectivity index (χ0n) is 11.0. The van der Waals surface area contributed by atoms with E-state index in [0.29, 0.717) is 11.5 Å². The molecule has 0 aromatic carbocycles. The average Bonchev–Trinajstić information content (AvgIpc) is 2.69. The molecule has 0 aliphatic carbocycles. The molecule has 1 atom stereocenters. The van der Waals surface area contributed by atoms with E-state index >= 15 is 0 Å². The number of furan rings is 1. The molecule has 0 aliphatic heterocycles. The van der Waals surface area contributed by atoms with Crippen LogP contribution < -0.4 is 5.32 Å². The summed E-state index contributed by atoms with van der Waals surface area (Å²) in [4.78, 5) is 0. The Balaban J connectivity index is 2.51. The maximum Gasteiger partial charge on any atom is 0.0950 e. The molecule has 0 fully saturated rings. The van der Waals surface area contributed by atoms with Crippen LogP contribution in [-0.2, 0) is 0 Å². The summed E-state index contributed by atoms with van der Waals surface area (Å²) in [7, 11) is 0. The molecule has 92 valence electrons. The summed E-state index contributed by atoms with van der Waals surface area (Å²) in [5.74, 6) is 0. The highest BCUT2D eigenvalue weighted by Crippen LogP contribution is 2.27. The maximum absolute atomic E-state index is 5.17. The Bertz CT molecular complexity index is 271. The summed E-state index contributed by atoms with van der Waals surface area (Å²) in [6.07, 6.45) is 7.18. The molecule has 2 heteroatoms. The van der Waals surface area contributed by atoms with E-state index in [1.54, 1.807) is 6.26 Å². The number of nitrogens with one attached hydrogen (secondary N) is 1. The second-order valence-corrected chi connectivity index (χ2v) is 5.66. The van der Waals surface area contributed by atoms with Crippen molar-refractivity contribution in [2.24, 2.45) is 5.41 Å². The summed E-state index contributed by atoms with van der Waals surface area (Å²) in [6.45, 7) is 10.1. The Labute approximate surface area is 99.4 Å². The normalized spacial score (nSPS) is 14.0. The molecule has 0 radical (unpaired) electrons. The molecule has 1 unspecified atom stereocenters. The summed E-state index contributed by atoms with van der Waals surface area (Å²) >= 11 is 0. The van der Waals surface area contributed by atoms with Gasteiger partial charge in [0.05, 0.1) is 12.5 Å². The van der Waals surface area contributed by atoms with E-state index in [0.717, 1.165) is 6.54 Å². The van der Waals surface area contributed by atoms with Crippen LogP contribution in [0, 0.1) is 5.41 Å². The third kappa shape index (κ3) is 4.84. The van der Waals surface area contributed by atoms with E-state index in [9.17, 15) is 0 Å². The molecule has 0 spiro atoms. The lowest BCUT2D eigenvalue weighted by atomic mass is 9.87. The summed E-state index contributed by atoms with van der Waals surface area (Å²) < 4.78 is 5.17. The Morgan fingerprint density at radius 1 is 1.38 bits per heavy atom. The van der Waals surface area contributed by atoms with Gasteiger partial charge in [0.2, 0.25) is 0 Å². The molecule has 1 heterocycles. The van der Waals surface area contributed by atoms with Crippen molar-refractivity contribution in [3.8, 4) is 0 Å². The zero-order chi connectivity index (χ0) is 12.0. The van der Waals surface area contributed by atoms with Crippen LogP contribution in [0.3, 0.4) is 0 Å². The monoisotopic (exact) mass is 223 g/mol. The van der Waals surface area contributed by atoms with E-state index < -0.39 is 0 Å². The van der Waals surface area contributed by atoms with Crippen LogP contribution in [-0.4, -0.2) is 6.54 Å². The van der Waals surface area contributed by atoms with Gasteiger partial charge in [0.1, 0.15) is 0 Å². The Morgan fingerprint density at radius 2 is 2.12 bits per heavy atom. The largest absolute Gasteiger partial charge is 0.472 e.